The van der Waals surface area contributed by atoms with Crippen molar-refractivity contribution in [3.8, 4) is 11.3 Å². The molecule has 0 N–H and O–H groups in total. The Morgan fingerprint density at radius 2 is 1.94 bits per heavy atom. The SMILES string of the molecule is CN(c1nc(-c2ccncc2F)cc(=O)n1C)[C@H]1[C@@H]2CN(c3nnnn3C3CCCC3)C[C@@H]21. The molecule has 1 saturated heterocycles. The summed E-state index contributed by atoms with van der Waals surface area (Å²) in [6, 6.07) is 3.58. The highest BCUT2D eigenvalue weighted by Gasteiger charge is 2.59. The number of rotatable bonds is 5. The standard InChI is InChI=1S/C22H26FN9O/c1-29-19(33)9-18(14-7-8-24-10-17(14)23)25-21(29)30(2)20-15-11-31(12-16(15)20)22-26-27-28-32(22)13-5-3-4-6-13/h7-10,13,15-16,20H,3-6,11-12H2,1-2H3/t15-,16+,20+. The monoisotopic (exact) mass is 451 g/mol. The lowest BCUT2D eigenvalue weighted by Gasteiger charge is -2.27. The molecule has 2 aliphatic carbocycles. The number of halogens is 1. The Kier molecular flexibility index (Phi) is 4.66. The van der Waals surface area contributed by atoms with E-state index < -0.39 is 5.82 Å². The zero-order chi connectivity index (χ0) is 22.7. The topological polar surface area (TPSA) is 97.9 Å². The summed E-state index contributed by atoms with van der Waals surface area (Å²) in [5.41, 5.74) is 0.377. The van der Waals surface area contributed by atoms with Gasteiger partial charge in [-0.15, -0.1) is 0 Å². The Bertz CT molecular complexity index is 1240. The predicted octanol–water partition coefficient (Wildman–Crippen LogP) is 1.65. The summed E-state index contributed by atoms with van der Waals surface area (Å²) in [4.78, 5) is 25.4. The number of anilines is 2. The third kappa shape index (κ3) is 3.28. The van der Waals surface area contributed by atoms with Crippen LogP contribution in [0.25, 0.3) is 11.3 Å². The first-order chi connectivity index (χ1) is 16.0. The molecule has 3 aromatic heterocycles. The molecule has 3 fully saturated rings. The minimum atomic E-state index is -0.495. The van der Waals surface area contributed by atoms with Crippen LogP contribution < -0.4 is 15.4 Å². The summed E-state index contributed by atoms with van der Waals surface area (Å²) in [5.74, 6) is 1.81. The van der Waals surface area contributed by atoms with Gasteiger partial charge in [0.1, 0.15) is 0 Å². The molecule has 4 heterocycles. The molecular weight excluding hydrogens is 425 g/mol. The number of fused-ring (bicyclic) bond motifs is 1. The van der Waals surface area contributed by atoms with Crippen molar-refractivity contribution < 1.29 is 4.39 Å². The summed E-state index contributed by atoms with van der Waals surface area (Å²) in [7, 11) is 3.67. The van der Waals surface area contributed by atoms with Gasteiger partial charge in [0.05, 0.1) is 17.9 Å². The molecule has 0 aromatic carbocycles. The molecule has 3 aromatic rings. The molecule has 6 rings (SSSR count). The molecule has 172 valence electrons. The van der Waals surface area contributed by atoms with E-state index in [0.29, 0.717) is 29.5 Å². The second kappa shape index (κ2) is 7.60. The van der Waals surface area contributed by atoms with Crippen molar-refractivity contribution in [2.45, 2.75) is 37.8 Å². The zero-order valence-corrected chi connectivity index (χ0v) is 18.7. The van der Waals surface area contributed by atoms with Crippen LogP contribution >= 0.6 is 0 Å². The smallest absolute Gasteiger partial charge is 0.255 e. The molecule has 1 aliphatic heterocycles. The van der Waals surface area contributed by atoms with Gasteiger partial charge in [-0.05, 0) is 29.3 Å². The van der Waals surface area contributed by atoms with Crippen LogP contribution in [0.1, 0.15) is 31.7 Å². The van der Waals surface area contributed by atoms with E-state index in [2.05, 4.69) is 35.3 Å². The Labute approximate surface area is 190 Å². The molecule has 0 amide bonds. The van der Waals surface area contributed by atoms with E-state index in [1.165, 1.54) is 29.7 Å². The average molecular weight is 452 g/mol. The van der Waals surface area contributed by atoms with Crippen molar-refractivity contribution >= 4 is 11.9 Å². The van der Waals surface area contributed by atoms with E-state index in [-0.39, 0.29) is 17.2 Å². The van der Waals surface area contributed by atoms with E-state index in [9.17, 15) is 9.18 Å². The second-order valence-corrected chi connectivity index (χ2v) is 9.39. The lowest BCUT2D eigenvalue weighted by atomic mass is 10.2. The van der Waals surface area contributed by atoms with Gasteiger partial charge in [0.25, 0.3) is 5.56 Å². The molecule has 3 atom stereocenters. The summed E-state index contributed by atoms with van der Waals surface area (Å²) >= 11 is 0. The number of hydrogen-bond acceptors (Lipinski definition) is 8. The fourth-order valence-electron chi connectivity index (χ4n) is 5.71. The zero-order valence-electron chi connectivity index (χ0n) is 18.7. The normalized spacial score (nSPS) is 24.3. The number of nitrogens with zero attached hydrogens (tertiary/aromatic N) is 9. The number of tetrazole rings is 1. The molecule has 0 unspecified atom stereocenters. The van der Waals surface area contributed by atoms with Crippen molar-refractivity contribution in [2.24, 2.45) is 18.9 Å². The lowest BCUT2D eigenvalue weighted by Crippen LogP contribution is -2.37. The molecule has 0 radical (unpaired) electrons. The van der Waals surface area contributed by atoms with Gasteiger partial charge >= 0.3 is 0 Å². The van der Waals surface area contributed by atoms with Crippen molar-refractivity contribution in [3.63, 3.8) is 0 Å². The van der Waals surface area contributed by atoms with Gasteiger partial charge < -0.3 is 9.80 Å². The molecule has 2 saturated carbocycles. The van der Waals surface area contributed by atoms with E-state index in [1.807, 2.05) is 11.7 Å². The Morgan fingerprint density at radius 1 is 1.18 bits per heavy atom. The van der Waals surface area contributed by atoms with E-state index in [1.54, 1.807) is 13.1 Å². The molecule has 10 nitrogen and oxygen atoms in total. The van der Waals surface area contributed by atoms with Crippen LogP contribution in [-0.2, 0) is 7.05 Å². The second-order valence-electron chi connectivity index (χ2n) is 9.39. The number of hydrogen-bond donors (Lipinski definition) is 0. The van der Waals surface area contributed by atoms with Crippen LogP contribution in [0.3, 0.4) is 0 Å². The summed E-state index contributed by atoms with van der Waals surface area (Å²) < 4.78 is 17.8. The average Bonchev–Trinajstić information content (AvgIpc) is 3.33. The van der Waals surface area contributed by atoms with Gasteiger partial charge in [-0.3, -0.25) is 14.3 Å². The Balaban J connectivity index is 1.22. The number of aromatic nitrogens is 7. The van der Waals surface area contributed by atoms with E-state index in [4.69, 9.17) is 0 Å². The molecule has 0 bridgehead atoms. The largest absolute Gasteiger partial charge is 0.342 e. The first-order valence-corrected chi connectivity index (χ1v) is 11.5. The van der Waals surface area contributed by atoms with Crippen molar-refractivity contribution in [1.29, 1.82) is 0 Å². The number of pyridine rings is 1. The molecule has 0 spiro atoms. The van der Waals surface area contributed by atoms with Crippen LogP contribution in [0.15, 0.2) is 29.3 Å². The first-order valence-electron chi connectivity index (χ1n) is 11.5. The third-order valence-electron chi connectivity index (χ3n) is 7.50. The molecule has 11 heteroatoms. The maximum atomic E-state index is 14.3. The van der Waals surface area contributed by atoms with Crippen LogP contribution in [0, 0.1) is 17.7 Å². The van der Waals surface area contributed by atoms with Gasteiger partial charge in [0.15, 0.2) is 5.82 Å². The summed E-state index contributed by atoms with van der Waals surface area (Å²) in [6.07, 6.45) is 7.37. The van der Waals surface area contributed by atoms with Crippen LogP contribution in [0.4, 0.5) is 16.3 Å². The minimum absolute atomic E-state index is 0.221. The van der Waals surface area contributed by atoms with Crippen molar-refractivity contribution in [1.82, 2.24) is 34.7 Å². The summed E-state index contributed by atoms with van der Waals surface area (Å²) in [6.45, 7) is 1.75. The van der Waals surface area contributed by atoms with Gasteiger partial charge in [0, 0.05) is 62.9 Å². The van der Waals surface area contributed by atoms with Crippen LogP contribution in [0.2, 0.25) is 0 Å². The highest BCUT2D eigenvalue weighted by atomic mass is 19.1. The van der Waals surface area contributed by atoms with Gasteiger partial charge in [-0.1, -0.05) is 17.9 Å². The van der Waals surface area contributed by atoms with Gasteiger partial charge in [-0.25, -0.2) is 14.1 Å². The van der Waals surface area contributed by atoms with Crippen LogP contribution in [-0.4, -0.2) is 60.9 Å². The quantitative estimate of drug-likeness (QED) is 0.578. The highest BCUT2D eigenvalue weighted by Crippen LogP contribution is 2.50. The van der Waals surface area contributed by atoms with Crippen LogP contribution in [0.5, 0.6) is 0 Å². The minimum Gasteiger partial charge on any atom is -0.342 e. The fraction of sp³-hybridized carbons (Fsp3) is 0.545. The van der Waals surface area contributed by atoms with Crippen molar-refractivity contribution in [3.05, 3.63) is 40.7 Å². The fourth-order valence-corrected chi connectivity index (χ4v) is 5.71. The van der Waals surface area contributed by atoms with Gasteiger partial charge in [-0.2, -0.15) is 0 Å². The maximum Gasteiger partial charge on any atom is 0.255 e. The lowest BCUT2D eigenvalue weighted by molar-refractivity contribution is 0.451. The summed E-state index contributed by atoms with van der Waals surface area (Å²) in [5, 5.41) is 12.5. The molecular formula is C22H26FN9O. The Hall–Kier alpha value is -3.37. The van der Waals surface area contributed by atoms with Gasteiger partial charge in [0.2, 0.25) is 11.9 Å². The third-order valence-corrected chi connectivity index (χ3v) is 7.50. The first kappa shape index (κ1) is 20.3. The van der Waals surface area contributed by atoms with Crippen molar-refractivity contribution in [2.75, 3.05) is 29.9 Å². The predicted molar refractivity (Wildman–Crippen MR) is 119 cm³/mol. The Morgan fingerprint density at radius 3 is 2.67 bits per heavy atom. The maximum absolute atomic E-state index is 14.3. The molecule has 33 heavy (non-hydrogen) atoms. The highest BCUT2D eigenvalue weighted by molar-refractivity contribution is 5.60. The number of piperidine rings is 1. The van der Waals surface area contributed by atoms with E-state index >= 15 is 0 Å². The van der Waals surface area contributed by atoms with E-state index in [0.717, 1.165) is 38.1 Å². The molecule has 3 aliphatic rings.